The smallest absolute Gasteiger partial charge is 0.161 e. The summed E-state index contributed by atoms with van der Waals surface area (Å²) >= 11 is 0. The third kappa shape index (κ3) is 3.95. The predicted octanol–water partition coefficient (Wildman–Crippen LogP) is 1.09. The lowest BCUT2D eigenvalue weighted by atomic mass is 10.1. The van der Waals surface area contributed by atoms with Gasteiger partial charge in [-0.3, -0.25) is 9.58 Å². The maximum Gasteiger partial charge on any atom is 0.161 e. The van der Waals surface area contributed by atoms with Crippen LogP contribution in [0.25, 0.3) is 0 Å². The Bertz CT molecular complexity index is 692. The minimum atomic E-state index is -0.570. The van der Waals surface area contributed by atoms with E-state index >= 15 is 0 Å². The second-order valence-corrected chi connectivity index (χ2v) is 6.40. The van der Waals surface area contributed by atoms with Crippen LogP contribution < -0.4 is 9.47 Å². The van der Waals surface area contributed by atoms with Crippen molar-refractivity contribution in [3.8, 4) is 11.5 Å². The van der Waals surface area contributed by atoms with Gasteiger partial charge in [0, 0.05) is 32.0 Å². The summed E-state index contributed by atoms with van der Waals surface area (Å²) in [6.45, 7) is 4.67. The van der Waals surface area contributed by atoms with E-state index in [9.17, 15) is 5.11 Å². The van der Waals surface area contributed by atoms with E-state index < -0.39 is 6.10 Å². The van der Waals surface area contributed by atoms with Crippen LogP contribution in [-0.4, -0.2) is 65.3 Å². The van der Waals surface area contributed by atoms with Gasteiger partial charge in [0.15, 0.2) is 11.5 Å². The summed E-state index contributed by atoms with van der Waals surface area (Å²) in [6.07, 6.45) is 3.22. The average Bonchev–Trinajstić information content (AvgIpc) is 3.14. The molecule has 2 atom stereocenters. The van der Waals surface area contributed by atoms with Crippen LogP contribution in [0.3, 0.4) is 0 Å². The van der Waals surface area contributed by atoms with Crippen LogP contribution in [0.4, 0.5) is 0 Å². The third-order valence-corrected chi connectivity index (χ3v) is 4.55. The molecule has 1 aromatic heterocycles. The molecule has 3 heterocycles. The highest BCUT2D eigenvalue weighted by atomic mass is 16.6. The molecule has 134 valence electrons. The molecule has 2 aliphatic heterocycles. The van der Waals surface area contributed by atoms with Crippen molar-refractivity contribution in [3.05, 3.63) is 42.2 Å². The standard InChI is InChI=1S/C18H23N3O4/c22-16(14-2-3-17-18(10-14)25-9-8-24-17)13-20-6-7-23-15(11-20)12-21-5-1-4-19-21/h1-5,10,15-16,22H,6-9,11-13H2. The molecular formula is C18H23N3O4. The Morgan fingerprint density at radius 3 is 2.92 bits per heavy atom. The lowest BCUT2D eigenvalue weighted by Crippen LogP contribution is -2.45. The fourth-order valence-corrected chi connectivity index (χ4v) is 3.29. The summed E-state index contributed by atoms with van der Waals surface area (Å²) in [6, 6.07) is 7.56. The van der Waals surface area contributed by atoms with Crippen LogP contribution in [0, 0.1) is 0 Å². The van der Waals surface area contributed by atoms with Gasteiger partial charge < -0.3 is 19.3 Å². The topological polar surface area (TPSA) is 69.0 Å². The average molecular weight is 345 g/mol. The molecule has 7 heteroatoms. The molecule has 0 spiro atoms. The second-order valence-electron chi connectivity index (χ2n) is 6.40. The summed E-state index contributed by atoms with van der Waals surface area (Å²) in [5, 5.41) is 14.8. The van der Waals surface area contributed by atoms with Crippen LogP contribution >= 0.6 is 0 Å². The first-order valence-electron chi connectivity index (χ1n) is 8.67. The third-order valence-electron chi connectivity index (χ3n) is 4.55. The van der Waals surface area contributed by atoms with Crippen molar-refractivity contribution in [3.63, 3.8) is 0 Å². The first-order chi connectivity index (χ1) is 12.3. The van der Waals surface area contributed by atoms with Crippen molar-refractivity contribution < 1.29 is 19.3 Å². The fourth-order valence-electron chi connectivity index (χ4n) is 3.29. The van der Waals surface area contributed by atoms with Gasteiger partial charge in [-0.1, -0.05) is 6.07 Å². The number of aliphatic hydroxyl groups is 1. The van der Waals surface area contributed by atoms with Gasteiger partial charge in [-0.15, -0.1) is 0 Å². The number of aromatic nitrogens is 2. The van der Waals surface area contributed by atoms with E-state index in [2.05, 4.69) is 10.00 Å². The minimum absolute atomic E-state index is 0.0844. The quantitative estimate of drug-likeness (QED) is 0.875. The Balaban J connectivity index is 1.36. The van der Waals surface area contributed by atoms with Crippen LogP contribution in [-0.2, 0) is 11.3 Å². The molecular weight excluding hydrogens is 322 g/mol. The molecule has 2 aliphatic rings. The van der Waals surface area contributed by atoms with E-state index in [1.165, 1.54) is 0 Å². The first-order valence-corrected chi connectivity index (χ1v) is 8.67. The van der Waals surface area contributed by atoms with Crippen LogP contribution in [0.15, 0.2) is 36.7 Å². The molecule has 25 heavy (non-hydrogen) atoms. The van der Waals surface area contributed by atoms with Gasteiger partial charge in [-0.25, -0.2) is 0 Å². The summed E-state index contributed by atoms with van der Waals surface area (Å²) in [4.78, 5) is 2.24. The number of benzene rings is 1. The normalized spacial score (nSPS) is 21.9. The van der Waals surface area contributed by atoms with E-state index in [1.54, 1.807) is 6.20 Å². The van der Waals surface area contributed by atoms with Crippen molar-refractivity contribution in [1.29, 1.82) is 0 Å². The number of morpholine rings is 1. The maximum atomic E-state index is 10.6. The summed E-state index contributed by atoms with van der Waals surface area (Å²) < 4.78 is 18.8. The molecule has 1 aromatic carbocycles. The van der Waals surface area contributed by atoms with E-state index in [1.807, 2.05) is 35.1 Å². The van der Waals surface area contributed by atoms with Crippen molar-refractivity contribution in [1.82, 2.24) is 14.7 Å². The highest BCUT2D eigenvalue weighted by Gasteiger charge is 2.24. The summed E-state index contributed by atoms with van der Waals surface area (Å²) in [7, 11) is 0. The molecule has 7 nitrogen and oxygen atoms in total. The number of hydrogen-bond donors (Lipinski definition) is 1. The lowest BCUT2D eigenvalue weighted by Gasteiger charge is -2.34. The van der Waals surface area contributed by atoms with Crippen LogP contribution in [0.5, 0.6) is 11.5 Å². The highest BCUT2D eigenvalue weighted by molar-refractivity contribution is 5.44. The van der Waals surface area contributed by atoms with Gasteiger partial charge in [-0.05, 0) is 23.8 Å². The zero-order valence-corrected chi connectivity index (χ0v) is 14.1. The monoisotopic (exact) mass is 345 g/mol. The molecule has 0 radical (unpaired) electrons. The Morgan fingerprint density at radius 1 is 1.20 bits per heavy atom. The van der Waals surface area contributed by atoms with Gasteiger partial charge in [0.25, 0.3) is 0 Å². The summed E-state index contributed by atoms with van der Waals surface area (Å²) in [5.74, 6) is 1.45. The zero-order chi connectivity index (χ0) is 17.1. The van der Waals surface area contributed by atoms with Gasteiger partial charge in [0.05, 0.1) is 25.4 Å². The molecule has 0 amide bonds. The van der Waals surface area contributed by atoms with Crippen molar-refractivity contribution in [2.75, 3.05) is 39.5 Å². The van der Waals surface area contributed by atoms with E-state index in [4.69, 9.17) is 14.2 Å². The van der Waals surface area contributed by atoms with Gasteiger partial charge in [-0.2, -0.15) is 5.10 Å². The molecule has 2 aromatic rings. The number of ether oxygens (including phenoxy) is 3. The minimum Gasteiger partial charge on any atom is -0.486 e. The SMILES string of the molecule is OC(CN1CCOC(Cn2cccn2)C1)c1ccc2c(c1)OCCO2. The molecule has 0 bridgehead atoms. The van der Waals surface area contributed by atoms with Gasteiger partial charge in [0.2, 0.25) is 0 Å². The molecule has 1 saturated heterocycles. The molecule has 1 N–H and O–H groups in total. The van der Waals surface area contributed by atoms with Gasteiger partial charge in [0.1, 0.15) is 13.2 Å². The van der Waals surface area contributed by atoms with Crippen molar-refractivity contribution in [2.24, 2.45) is 0 Å². The molecule has 4 rings (SSSR count). The highest BCUT2D eigenvalue weighted by Crippen LogP contribution is 2.32. The zero-order valence-electron chi connectivity index (χ0n) is 14.1. The van der Waals surface area contributed by atoms with Crippen molar-refractivity contribution in [2.45, 2.75) is 18.8 Å². The van der Waals surface area contributed by atoms with Crippen LogP contribution in [0.2, 0.25) is 0 Å². The Hall–Kier alpha value is -2.09. The first kappa shape index (κ1) is 16.4. The molecule has 1 fully saturated rings. The van der Waals surface area contributed by atoms with Crippen molar-refractivity contribution >= 4 is 0 Å². The molecule has 0 saturated carbocycles. The van der Waals surface area contributed by atoms with E-state index in [-0.39, 0.29) is 6.10 Å². The van der Waals surface area contributed by atoms with E-state index in [0.29, 0.717) is 32.1 Å². The Kier molecular flexibility index (Phi) is 4.87. The largest absolute Gasteiger partial charge is 0.486 e. The number of β-amino-alcohol motifs (C(OH)–C–C–N with tert-alkyl or cyclic N) is 1. The number of fused-ring (bicyclic) bond motifs is 1. The predicted molar refractivity (Wildman–Crippen MR) is 90.8 cm³/mol. The fraction of sp³-hybridized carbons (Fsp3) is 0.500. The molecule has 0 aliphatic carbocycles. The maximum absolute atomic E-state index is 10.6. The number of hydrogen-bond acceptors (Lipinski definition) is 6. The lowest BCUT2D eigenvalue weighted by molar-refractivity contribution is -0.0486. The number of nitrogens with zero attached hydrogens (tertiary/aromatic N) is 3. The Labute approximate surface area is 146 Å². The number of rotatable bonds is 5. The number of aliphatic hydroxyl groups excluding tert-OH is 1. The second kappa shape index (κ2) is 7.43. The molecule has 2 unspecified atom stereocenters. The van der Waals surface area contributed by atoms with E-state index in [0.717, 1.165) is 30.9 Å². The van der Waals surface area contributed by atoms with Gasteiger partial charge >= 0.3 is 0 Å². The Morgan fingerprint density at radius 2 is 2.08 bits per heavy atom. The van der Waals surface area contributed by atoms with Crippen LogP contribution in [0.1, 0.15) is 11.7 Å². The summed E-state index contributed by atoms with van der Waals surface area (Å²) in [5.41, 5.74) is 0.847.